The van der Waals surface area contributed by atoms with Gasteiger partial charge in [0.05, 0.1) is 18.8 Å². The van der Waals surface area contributed by atoms with E-state index in [2.05, 4.69) is 15.3 Å². The summed E-state index contributed by atoms with van der Waals surface area (Å²) in [6.45, 7) is 1.30. The average Bonchev–Trinajstić information content (AvgIpc) is 2.97. The molecule has 26 heavy (non-hydrogen) atoms. The van der Waals surface area contributed by atoms with Crippen LogP contribution in [0.1, 0.15) is 5.56 Å². The Morgan fingerprint density at radius 2 is 1.73 bits per heavy atom. The van der Waals surface area contributed by atoms with Crippen molar-refractivity contribution in [3.05, 3.63) is 48.3 Å². The van der Waals surface area contributed by atoms with E-state index in [0.29, 0.717) is 5.95 Å². The highest BCUT2D eigenvalue weighted by atomic mass is 19.3. The Labute approximate surface area is 149 Å². The van der Waals surface area contributed by atoms with Crippen molar-refractivity contribution in [2.24, 2.45) is 0 Å². The first-order chi connectivity index (χ1) is 12.5. The van der Waals surface area contributed by atoms with E-state index >= 15 is 0 Å². The summed E-state index contributed by atoms with van der Waals surface area (Å²) < 4.78 is 27.8. The molecule has 1 aliphatic rings. The van der Waals surface area contributed by atoms with Gasteiger partial charge in [-0.2, -0.15) is 5.10 Å². The number of nitrogens with zero attached hydrogens (tertiary/aromatic N) is 5. The largest absolute Gasteiger partial charge is 0.373 e. The molecular formula is C18H18F2N6. The zero-order valence-corrected chi connectivity index (χ0v) is 14.4. The molecule has 8 heteroatoms. The minimum atomic E-state index is -2.64. The fourth-order valence-electron chi connectivity index (χ4n) is 3.08. The molecule has 2 aromatic heterocycles. The van der Waals surface area contributed by atoms with Crippen molar-refractivity contribution >= 4 is 11.8 Å². The molecule has 6 nitrogen and oxygen atoms in total. The van der Waals surface area contributed by atoms with Gasteiger partial charge in [0.1, 0.15) is 11.5 Å². The van der Waals surface area contributed by atoms with Gasteiger partial charge in [-0.3, -0.25) is 0 Å². The Bertz CT molecular complexity index is 913. The van der Waals surface area contributed by atoms with E-state index in [1.807, 2.05) is 49.0 Å². The van der Waals surface area contributed by atoms with Crippen molar-refractivity contribution in [2.75, 3.05) is 30.4 Å². The van der Waals surface area contributed by atoms with Crippen LogP contribution in [-0.4, -0.2) is 45.8 Å². The summed E-state index contributed by atoms with van der Waals surface area (Å²) in [6.07, 6.45) is 3.26. The van der Waals surface area contributed by atoms with Crippen LogP contribution in [0.4, 0.5) is 20.5 Å². The maximum absolute atomic E-state index is 13.0. The number of para-hydroxylation sites is 1. The van der Waals surface area contributed by atoms with E-state index in [1.54, 1.807) is 12.4 Å². The zero-order valence-electron chi connectivity index (χ0n) is 14.4. The van der Waals surface area contributed by atoms with Crippen LogP contribution in [-0.2, 0) is 0 Å². The van der Waals surface area contributed by atoms with Gasteiger partial charge in [0, 0.05) is 30.6 Å². The molecule has 0 saturated carbocycles. The molecule has 0 unspecified atom stereocenters. The van der Waals surface area contributed by atoms with Crippen molar-refractivity contribution in [3.63, 3.8) is 0 Å². The summed E-state index contributed by atoms with van der Waals surface area (Å²) in [5.74, 6) is -1.46. The molecule has 1 aliphatic heterocycles. The Morgan fingerprint density at radius 3 is 2.31 bits per heavy atom. The number of anilines is 2. The van der Waals surface area contributed by atoms with E-state index in [4.69, 9.17) is 5.10 Å². The highest BCUT2D eigenvalue weighted by Crippen LogP contribution is 2.32. The van der Waals surface area contributed by atoms with Gasteiger partial charge in [-0.15, -0.1) is 0 Å². The lowest BCUT2D eigenvalue weighted by Gasteiger charge is -2.38. The lowest BCUT2D eigenvalue weighted by Crippen LogP contribution is -2.57. The molecule has 1 N–H and O–H groups in total. The summed E-state index contributed by atoms with van der Waals surface area (Å²) in [7, 11) is 1.84. The molecule has 3 heterocycles. The van der Waals surface area contributed by atoms with Gasteiger partial charge >= 0.3 is 0 Å². The molecule has 1 saturated heterocycles. The van der Waals surface area contributed by atoms with E-state index in [9.17, 15) is 8.78 Å². The Kier molecular flexibility index (Phi) is 3.82. The van der Waals surface area contributed by atoms with Gasteiger partial charge in [-0.1, -0.05) is 18.2 Å². The summed E-state index contributed by atoms with van der Waals surface area (Å²) in [4.78, 5) is 9.92. The molecule has 0 aliphatic carbocycles. The topological polar surface area (TPSA) is 58.9 Å². The second-order valence-corrected chi connectivity index (χ2v) is 6.30. The lowest BCUT2D eigenvalue weighted by molar-refractivity contribution is -0.0271. The first-order valence-electron chi connectivity index (χ1n) is 8.26. The van der Waals surface area contributed by atoms with Crippen molar-refractivity contribution in [1.29, 1.82) is 0 Å². The summed E-state index contributed by atoms with van der Waals surface area (Å²) in [5.41, 5.74) is 3.39. The molecule has 0 spiro atoms. The van der Waals surface area contributed by atoms with Crippen LogP contribution in [0.15, 0.2) is 42.7 Å². The van der Waals surface area contributed by atoms with Crippen molar-refractivity contribution in [2.45, 2.75) is 12.8 Å². The van der Waals surface area contributed by atoms with Gasteiger partial charge in [0.2, 0.25) is 5.95 Å². The smallest absolute Gasteiger partial charge is 0.282 e. The maximum atomic E-state index is 13.0. The fraction of sp³-hybridized carbons (Fsp3) is 0.278. The van der Waals surface area contributed by atoms with E-state index in [1.165, 1.54) is 4.90 Å². The van der Waals surface area contributed by atoms with Gasteiger partial charge in [0.15, 0.2) is 0 Å². The maximum Gasteiger partial charge on any atom is 0.282 e. The second kappa shape index (κ2) is 6.05. The molecule has 0 radical (unpaired) electrons. The molecule has 1 aromatic carbocycles. The Balaban J connectivity index is 1.67. The van der Waals surface area contributed by atoms with E-state index in [0.717, 1.165) is 28.3 Å². The Morgan fingerprint density at radius 1 is 1.08 bits per heavy atom. The normalized spacial score (nSPS) is 15.6. The van der Waals surface area contributed by atoms with Gasteiger partial charge in [-0.25, -0.2) is 23.4 Å². The van der Waals surface area contributed by atoms with Crippen molar-refractivity contribution in [1.82, 2.24) is 19.7 Å². The zero-order chi connectivity index (χ0) is 18.3. The minimum Gasteiger partial charge on any atom is -0.373 e. The van der Waals surface area contributed by atoms with Gasteiger partial charge in [0.25, 0.3) is 5.92 Å². The summed E-state index contributed by atoms with van der Waals surface area (Å²) in [5, 5.41) is 7.87. The van der Waals surface area contributed by atoms with Crippen LogP contribution >= 0.6 is 0 Å². The number of nitrogens with one attached hydrogen (secondary N) is 1. The summed E-state index contributed by atoms with van der Waals surface area (Å²) in [6, 6.07) is 9.80. The highest BCUT2D eigenvalue weighted by molar-refractivity contribution is 5.69. The first-order valence-corrected chi connectivity index (χ1v) is 8.26. The van der Waals surface area contributed by atoms with Crippen LogP contribution < -0.4 is 10.2 Å². The highest BCUT2D eigenvalue weighted by Gasteiger charge is 2.45. The number of hydrogen-bond acceptors (Lipinski definition) is 5. The number of halogens is 2. The number of hydrogen-bond donors (Lipinski definition) is 1. The number of alkyl halides is 2. The Hall–Kier alpha value is -3.03. The number of benzene rings is 1. The van der Waals surface area contributed by atoms with Crippen LogP contribution in [0, 0.1) is 6.92 Å². The first kappa shape index (κ1) is 16.4. The SMILES string of the molecule is CNc1c(C)c(-c2cnc(N3CC(F)(F)C3)nc2)nn1-c1ccccc1. The third-order valence-corrected chi connectivity index (χ3v) is 4.40. The third-order valence-electron chi connectivity index (χ3n) is 4.40. The molecule has 3 aromatic rings. The lowest BCUT2D eigenvalue weighted by atomic mass is 10.1. The standard InChI is InChI=1S/C18H18F2N6/c1-12-15(24-26(16(12)21-2)14-6-4-3-5-7-14)13-8-22-17(23-9-13)25-10-18(19,20)11-25/h3-9,21H,10-11H2,1-2H3. The van der Waals surface area contributed by atoms with Gasteiger partial charge in [-0.05, 0) is 19.1 Å². The van der Waals surface area contributed by atoms with Crippen LogP contribution in [0.5, 0.6) is 0 Å². The van der Waals surface area contributed by atoms with E-state index in [-0.39, 0.29) is 13.1 Å². The van der Waals surface area contributed by atoms with Crippen LogP contribution in [0.2, 0.25) is 0 Å². The van der Waals surface area contributed by atoms with E-state index < -0.39 is 5.92 Å². The van der Waals surface area contributed by atoms with Crippen LogP contribution in [0.25, 0.3) is 16.9 Å². The third kappa shape index (κ3) is 2.77. The molecule has 0 atom stereocenters. The van der Waals surface area contributed by atoms with Crippen molar-refractivity contribution < 1.29 is 8.78 Å². The molecule has 0 bridgehead atoms. The summed E-state index contributed by atoms with van der Waals surface area (Å²) >= 11 is 0. The van der Waals surface area contributed by atoms with Crippen molar-refractivity contribution in [3.8, 4) is 16.9 Å². The molecule has 4 rings (SSSR count). The van der Waals surface area contributed by atoms with Crippen LogP contribution in [0.3, 0.4) is 0 Å². The predicted octanol–water partition coefficient (Wildman–Crippen LogP) is 3.13. The second-order valence-electron chi connectivity index (χ2n) is 6.30. The number of aromatic nitrogens is 4. The molecule has 1 fully saturated rings. The predicted molar refractivity (Wildman–Crippen MR) is 96.0 cm³/mol. The molecule has 0 amide bonds. The average molecular weight is 356 g/mol. The quantitative estimate of drug-likeness (QED) is 0.778. The minimum absolute atomic E-state index is 0.314. The van der Waals surface area contributed by atoms with Gasteiger partial charge < -0.3 is 10.2 Å². The number of rotatable bonds is 4. The molecule has 134 valence electrons. The monoisotopic (exact) mass is 356 g/mol. The fourth-order valence-corrected chi connectivity index (χ4v) is 3.08. The molecular weight excluding hydrogens is 338 g/mol.